The summed E-state index contributed by atoms with van der Waals surface area (Å²) in [6, 6.07) is 7.64. The fraction of sp³-hybridized carbons (Fsp3) is 0.471. The maximum atomic E-state index is 12.4. The van der Waals surface area contributed by atoms with E-state index in [0.29, 0.717) is 0 Å². The Morgan fingerprint density at radius 1 is 1.42 bits per heavy atom. The van der Waals surface area contributed by atoms with Crippen molar-refractivity contribution in [2.24, 2.45) is 4.99 Å². The zero-order valence-electron chi connectivity index (χ0n) is 14.5. The van der Waals surface area contributed by atoms with E-state index >= 15 is 0 Å². The molecule has 6 nitrogen and oxygen atoms in total. The van der Waals surface area contributed by atoms with Crippen molar-refractivity contribution < 1.29 is 14.3 Å². The van der Waals surface area contributed by atoms with Gasteiger partial charge in [-0.3, -0.25) is 15.0 Å². The lowest BCUT2D eigenvalue weighted by atomic mass is 9.88. The van der Waals surface area contributed by atoms with Gasteiger partial charge in [0.05, 0.1) is 12.0 Å². The first-order valence-corrected chi connectivity index (χ1v) is 8.42. The predicted molar refractivity (Wildman–Crippen MR) is 95.7 cm³/mol. The number of ether oxygens (including phenoxy) is 1. The van der Waals surface area contributed by atoms with Gasteiger partial charge in [0.1, 0.15) is 5.60 Å². The number of rotatable bonds is 1. The van der Waals surface area contributed by atoms with Crippen molar-refractivity contribution in [2.75, 3.05) is 7.05 Å². The zero-order valence-corrected chi connectivity index (χ0v) is 16.1. The van der Waals surface area contributed by atoms with Gasteiger partial charge in [0, 0.05) is 11.5 Å². The number of hydrogen-bond donors (Lipinski definition) is 1. The molecule has 1 atom stereocenters. The van der Waals surface area contributed by atoms with Crippen LogP contribution >= 0.6 is 15.9 Å². The molecule has 1 aliphatic rings. The molecule has 0 unspecified atom stereocenters. The Balaban J connectivity index is 2.33. The molecule has 0 spiro atoms. The first-order chi connectivity index (χ1) is 11.0. The molecule has 0 fully saturated rings. The number of aliphatic imine (C=N–C) groups is 1. The number of hydrogen-bond acceptors (Lipinski definition) is 4. The van der Waals surface area contributed by atoms with Crippen molar-refractivity contribution in [3.63, 3.8) is 0 Å². The molecule has 1 N–H and O–H groups in total. The number of halogens is 1. The van der Waals surface area contributed by atoms with Crippen LogP contribution in [0.5, 0.6) is 0 Å². The lowest BCUT2D eigenvalue weighted by Crippen LogP contribution is -2.52. The van der Waals surface area contributed by atoms with E-state index in [-0.39, 0.29) is 18.3 Å². The monoisotopic (exact) mass is 395 g/mol. The van der Waals surface area contributed by atoms with Gasteiger partial charge in [0.2, 0.25) is 11.9 Å². The van der Waals surface area contributed by atoms with Gasteiger partial charge in [-0.05, 0) is 45.4 Å². The summed E-state index contributed by atoms with van der Waals surface area (Å²) in [6.07, 6.45) is -0.418. The highest BCUT2D eigenvalue weighted by Gasteiger charge is 2.37. The molecule has 0 radical (unpaired) electrons. The zero-order chi connectivity index (χ0) is 18.1. The number of benzene rings is 1. The number of amides is 2. The lowest BCUT2D eigenvalue weighted by molar-refractivity contribution is -0.128. The smallest absolute Gasteiger partial charge is 0.414 e. The molecule has 1 aromatic rings. The quantitative estimate of drug-likeness (QED) is 0.791. The topological polar surface area (TPSA) is 71.0 Å². The van der Waals surface area contributed by atoms with Crippen molar-refractivity contribution in [1.82, 2.24) is 10.2 Å². The third kappa shape index (κ3) is 4.35. The second kappa shape index (κ2) is 6.55. The van der Waals surface area contributed by atoms with Crippen molar-refractivity contribution in [3.8, 4) is 0 Å². The van der Waals surface area contributed by atoms with E-state index in [1.807, 2.05) is 31.2 Å². The molecule has 1 aromatic carbocycles. The Morgan fingerprint density at radius 3 is 2.67 bits per heavy atom. The highest BCUT2D eigenvalue weighted by molar-refractivity contribution is 9.10. The summed E-state index contributed by atoms with van der Waals surface area (Å²) in [6.45, 7) is 7.19. The fourth-order valence-electron chi connectivity index (χ4n) is 2.38. The van der Waals surface area contributed by atoms with Gasteiger partial charge in [-0.25, -0.2) is 9.79 Å². The Bertz CT molecular complexity index is 697. The average molecular weight is 396 g/mol. The van der Waals surface area contributed by atoms with Gasteiger partial charge in [0.25, 0.3) is 0 Å². The van der Waals surface area contributed by atoms with Gasteiger partial charge in [0.15, 0.2) is 0 Å². The molecule has 2 amide bonds. The van der Waals surface area contributed by atoms with E-state index in [0.717, 1.165) is 10.0 Å². The number of nitrogens with zero attached hydrogens (tertiary/aromatic N) is 2. The summed E-state index contributed by atoms with van der Waals surface area (Å²) in [4.78, 5) is 30.4. The molecule has 0 bridgehead atoms. The molecule has 24 heavy (non-hydrogen) atoms. The molecular weight excluding hydrogens is 374 g/mol. The van der Waals surface area contributed by atoms with Crippen LogP contribution < -0.4 is 5.32 Å². The van der Waals surface area contributed by atoms with Gasteiger partial charge in [-0.2, -0.15) is 0 Å². The van der Waals surface area contributed by atoms with Gasteiger partial charge in [-0.15, -0.1) is 0 Å². The van der Waals surface area contributed by atoms with Gasteiger partial charge >= 0.3 is 6.09 Å². The summed E-state index contributed by atoms with van der Waals surface area (Å²) < 4.78 is 6.15. The first-order valence-electron chi connectivity index (χ1n) is 7.63. The standard InChI is InChI=1S/C17H22BrN3O3/c1-16(2,3)24-15(23)19-14-20-17(4,10-13(22)21(14)5)11-7-6-8-12(18)9-11/h6-9H,10H2,1-5H3,(H,19,20,23)/t17-/m0/s1. The van der Waals surface area contributed by atoms with Crippen molar-refractivity contribution >= 4 is 33.9 Å². The molecule has 0 saturated carbocycles. The van der Waals surface area contributed by atoms with Gasteiger partial charge < -0.3 is 4.74 Å². The van der Waals surface area contributed by atoms with Crippen molar-refractivity contribution in [1.29, 1.82) is 0 Å². The summed E-state index contributed by atoms with van der Waals surface area (Å²) >= 11 is 3.43. The predicted octanol–water partition coefficient (Wildman–Crippen LogP) is 3.41. The number of carbonyl (C=O) groups is 2. The van der Waals surface area contributed by atoms with E-state index in [9.17, 15) is 9.59 Å². The van der Waals surface area contributed by atoms with Crippen molar-refractivity contribution in [3.05, 3.63) is 34.3 Å². The Morgan fingerprint density at radius 2 is 2.08 bits per heavy atom. The Labute approximate surface area is 150 Å². The third-order valence-corrected chi connectivity index (χ3v) is 4.09. The van der Waals surface area contributed by atoms with E-state index in [4.69, 9.17) is 4.74 Å². The lowest BCUT2D eigenvalue weighted by Gasteiger charge is -2.35. The minimum Gasteiger partial charge on any atom is -0.444 e. The van der Waals surface area contributed by atoms with E-state index in [2.05, 4.69) is 26.2 Å². The Kier molecular flexibility index (Phi) is 5.03. The van der Waals surface area contributed by atoms with Crippen LogP contribution in [0.4, 0.5) is 4.79 Å². The van der Waals surface area contributed by atoms with Crippen LogP contribution in [0.15, 0.2) is 33.7 Å². The summed E-state index contributed by atoms with van der Waals surface area (Å²) in [7, 11) is 1.58. The fourth-order valence-corrected chi connectivity index (χ4v) is 2.78. The summed E-state index contributed by atoms with van der Waals surface area (Å²) in [5, 5.41) is 2.58. The number of nitrogens with one attached hydrogen (secondary N) is 1. The van der Waals surface area contributed by atoms with E-state index < -0.39 is 17.2 Å². The summed E-state index contributed by atoms with van der Waals surface area (Å²) in [5.74, 6) is 0.0570. The highest BCUT2D eigenvalue weighted by atomic mass is 79.9. The van der Waals surface area contributed by atoms with Crippen LogP contribution in [0, 0.1) is 0 Å². The third-order valence-electron chi connectivity index (χ3n) is 3.60. The van der Waals surface area contributed by atoms with E-state index in [1.54, 1.807) is 27.8 Å². The van der Waals surface area contributed by atoms with Crippen LogP contribution in [0.1, 0.15) is 39.7 Å². The van der Waals surface area contributed by atoms with Crippen LogP contribution in [0.2, 0.25) is 0 Å². The molecule has 7 heteroatoms. The maximum Gasteiger partial charge on any atom is 0.414 e. The molecule has 0 aliphatic carbocycles. The largest absolute Gasteiger partial charge is 0.444 e. The SMILES string of the molecule is CN1C(=O)C[C@@](C)(c2cccc(Br)c2)N=C1NC(=O)OC(C)(C)C. The molecule has 130 valence electrons. The molecule has 0 aromatic heterocycles. The van der Waals surface area contributed by atoms with E-state index in [1.165, 1.54) is 4.90 Å². The number of carbonyl (C=O) groups excluding carboxylic acids is 2. The normalized spacial score (nSPS) is 21.3. The van der Waals surface area contributed by atoms with Gasteiger partial charge in [-0.1, -0.05) is 28.1 Å². The Hall–Kier alpha value is -1.89. The maximum absolute atomic E-state index is 12.4. The number of alkyl carbamates (subject to hydrolysis) is 1. The highest BCUT2D eigenvalue weighted by Crippen LogP contribution is 2.34. The van der Waals surface area contributed by atoms with Crippen LogP contribution in [0.3, 0.4) is 0 Å². The second-order valence-corrected chi connectivity index (χ2v) is 7.89. The first kappa shape index (κ1) is 18.4. The second-order valence-electron chi connectivity index (χ2n) is 6.98. The van der Waals surface area contributed by atoms with Crippen LogP contribution in [-0.2, 0) is 15.1 Å². The minimum atomic E-state index is -0.752. The minimum absolute atomic E-state index is 0.126. The van der Waals surface area contributed by atoms with Crippen molar-refractivity contribution in [2.45, 2.75) is 45.3 Å². The molecular formula is C17H22BrN3O3. The average Bonchev–Trinajstić information content (AvgIpc) is 2.42. The van der Waals surface area contributed by atoms with Crippen LogP contribution in [0.25, 0.3) is 0 Å². The molecule has 1 heterocycles. The molecule has 1 aliphatic heterocycles. The summed E-state index contributed by atoms with van der Waals surface area (Å²) in [5.41, 5.74) is -0.491. The molecule has 2 rings (SSSR count). The number of guanidine groups is 1. The van der Waals surface area contributed by atoms with Crippen LogP contribution in [-0.4, -0.2) is 35.5 Å². The molecule has 0 saturated heterocycles.